The van der Waals surface area contributed by atoms with Gasteiger partial charge in [0.05, 0.1) is 11.5 Å². The first kappa shape index (κ1) is 28.2. The molecule has 4 nitrogen and oxygen atoms in total. The number of rotatable bonds is 3. The minimum absolute atomic E-state index is 0.0561. The van der Waals surface area contributed by atoms with E-state index in [-0.39, 0.29) is 33.0 Å². The van der Waals surface area contributed by atoms with Crippen LogP contribution in [0.1, 0.15) is 105 Å². The van der Waals surface area contributed by atoms with E-state index < -0.39 is 6.10 Å². The average Bonchev–Trinajstić information content (AvgIpc) is 3.30. The molecule has 0 saturated heterocycles. The van der Waals surface area contributed by atoms with Gasteiger partial charge in [-0.3, -0.25) is 9.78 Å². The Kier molecular flexibility index (Phi) is 6.36. The zero-order chi connectivity index (χ0) is 28.9. The molecule has 218 valence electrons. The van der Waals surface area contributed by atoms with Crippen molar-refractivity contribution in [1.29, 1.82) is 0 Å². The van der Waals surface area contributed by atoms with Crippen LogP contribution in [0.2, 0.25) is 0 Å². The maximum atomic E-state index is 13.2. The van der Waals surface area contributed by atoms with Crippen molar-refractivity contribution in [3.05, 3.63) is 47.8 Å². The number of carbonyl (C=O) groups excluding carboxylic acids is 1. The minimum Gasteiger partial charge on any atom is -0.388 e. The number of nitrogens with zero attached hydrogens (tertiary/aromatic N) is 1. The van der Waals surface area contributed by atoms with E-state index in [1.807, 2.05) is 18.5 Å². The summed E-state index contributed by atoms with van der Waals surface area (Å²) < 4.78 is 0. The van der Waals surface area contributed by atoms with Crippen LogP contribution in [0.3, 0.4) is 0 Å². The topological polar surface area (TPSA) is 76.2 Å². The number of hydrogen-bond acceptors (Lipinski definition) is 3. The first-order valence-corrected chi connectivity index (χ1v) is 16.0. The summed E-state index contributed by atoms with van der Waals surface area (Å²) >= 11 is 0. The first-order chi connectivity index (χ1) is 18.7. The predicted molar refractivity (Wildman–Crippen MR) is 162 cm³/mol. The molecule has 0 radical (unpaired) electrons. The standard InChI is InChI=1S/C36H52N2O2/c1-22(2)25-12-15-36(31(37)40)17-16-34(6)26(29(25)36)10-11-28-33(5)20-24(19-23-9-8-18-38-21-23)30(39)32(3,4)27(33)13-14-35(28,34)7/h8-9,18-19,21,25-30,39H,1,10-17,20H2,2-7H3,(H2,37,40)/b24-19-/t25-,26+,27-,28+,29+,30-,33-,34+,35+,36-/m0/s1. The fourth-order valence-electron chi connectivity index (χ4n) is 12.4. The fraction of sp³-hybridized carbons (Fsp3) is 0.722. The normalized spacial score (nSPS) is 48.4. The number of aliphatic hydroxyl groups excluding tert-OH is 1. The molecule has 1 aromatic heterocycles. The number of pyridine rings is 1. The van der Waals surface area contributed by atoms with Gasteiger partial charge in [-0.25, -0.2) is 0 Å². The van der Waals surface area contributed by atoms with Crippen LogP contribution in [-0.2, 0) is 4.79 Å². The summed E-state index contributed by atoms with van der Waals surface area (Å²) in [6.07, 6.45) is 15.2. The van der Waals surface area contributed by atoms with Crippen molar-refractivity contribution in [2.45, 2.75) is 105 Å². The molecule has 3 N–H and O–H groups in total. The SMILES string of the molecule is C=C(C)[C@@H]1CC[C@]2(C(N)=O)CC[C@]3(C)[C@H](CC[C@@H]4[C@@]5(C)C/C(=C/c6cccnc6)[C@H](O)C(C)(C)[C@@H]5CC[C@]43C)[C@@H]12. The molecule has 0 aromatic carbocycles. The van der Waals surface area contributed by atoms with Crippen molar-refractivity contribution >= 4 is 12.0 Å². The summed E-state index contributed by atoms with van der Waals surface area (Å²) in [7, 11) is 0. The number of carbonyl (C=O) groups is 1. The smallest absolute Gasteiger partial charge is 0.223 e. The van der Waals surface area contributed by atoms with Gasteiger partial charge in [0.25, 0.3) is 0 Å². The van der Waals surface area contributed by atoms with Gasteiger partial charge in [-0.05, 0) is 133 Å². The van der Waals surface area contributed by atoms with Crippen molar-refractivity contribution in [2.75, 3.05) is 0 Å². The van der Waals surface area contributed by atoms with Crippen molar-refractivity contribution in [3.8, 4) is 0 Å². The summed E-state index contributed by atoms with van der Waals surface area (Å²) in [5.41, 5.74) is 9.67. The molecule has 5 aliphatic rings. The van der Waals surface area contributed by atoms with Gasteiger partial charge >= 0.3 is 0 Å². The maximum absolute atomic E-state index is 13.2. The van der Waals surface area contributed by atoms with Crippen LogP contribution in [0.25, 0.3) is 6.08 Å². The minimum atomic E-state index is -0.442. The third-order valence-electron chi connectivity index (χ3n) is 14.4. The van der Waals surface area contributed by atoms with Crippen molar-refractivity contribution in [2.24, 2.45) is 62.4 Å². The van der Waals surface area contributed by atoms with E-state index >= 15 is 0 Å². The monoisotopic (exact) mass is 544 g/mol. The Morgan fingerprint density at radius 2 is 1.77 bits per heavy atom. The van der Waals surface area contributed by atoms with Crippen molar-refractivity contribution in [1.82, 2.24) is 4.98 Å². The number of nitrogens with two attached hydrogens (primary N) is 1. The van der Waals surface area contributed by atoms with E-state index in [0.29, 0.717) is 29.6 Å². The Morgan fingerprint density at radius 3 is 2.42 bits per heavy atom. The summed E-state index contributed by atoms with van der Waals surface area (Å²) in [6, 6.07) is 4.07. The highest BCUT2D eigenvalue weighted by atomic mass is 16.3. The summed E-state index contributed by atoms with van der Waals surface area (Å²) in [4.78, 5) is 17.5. The number of fused-ring (bicyclic) bond motifs is 7. The number of amides is 1. The molecule has 1 aromatic rings. The van der Waals surface area contributed by atoms with E-state index in [9.17, 15) is 9.90 Å². The Balaban J connectivity index is 1.42. The Morgan fingerprint density at radius 1 is 1.02 bits per heavy atom. The van der Waals surface area contributed by atoms with Crippen molar-refractivity contribution < 1.29 is 9.90 Å². The van der Waals surface area contributed by atoms with Gasteiger partial charge in [-0.1, -0.05) is 58.9 Å². The maximum Gasteiger partial charge on any atom is 0.223 e. The molecule has 40 heavy (non-hydrogen) atoms. The average molecular weight is 545 g/mol. The van der Waals surface area contributed by atoms with Gasteiger partial charge in [-0.15, -0.1) is 0 Å². The molecule has 5 fully saturated rings. The molecular formula is C36H52N2O2. The van der Waals surface area contributed by atoms with E-state index in [1.165, 1.54) is 30.4 Å². The molecule has 5 saturated carbocycles. The molecule has 10 atom stereocenters. The number of aromatic nitrogens is 1. The number of primary amides is 1. The highest BCUT2D eigenvalue weighted by Crippen LogP contribution is 2.77. The second-order valence-corrected chi connectivity index (χ2v) is 16.1. The summed E-state index contributed by atoms with van der Waals surface area (Å²) in [5.74, 6) is 2.24. The zero-order valence-electron chi connectivity index (χ0n) is 25.8. The zero-order valence-corrected chi connectivity index (χ0v) is 25.8. The fourth-order valence-corrected chi connectivity index (χ4v) is 12.4. The second-order valence-electron chi connectivity index (χ2n) is 16.1. The lowest BCUT2D eigenvalue weighted by Gasteiger charge is -2.73. The lowest BCUT2D eigenvalue weighted by Crippen LogP contribution is -2.67. The van der Waals surface area contributed by atoms with Crippen LogP contribution in [0.4, 0.5) is 0 Å². The van der Waals surface area contributed by atoms with Crippen LogP contribution in [-0.4, -0.2) is 22.1 Å². The van der Waals surface area contributed by atoms with Crippen LogP contribution >= 0.6 is 0 Å². The Labute approximate surface area is 242 Å². The van der Waals surface area contributed by atoms with Gasteiger partial charge < -0.3 is 10.8 Å². The quantitative estimate of drug-likeness (QED) is 0.385. The molecule has 1 amide bonds. The first-order valence-electron chi connectivity index (χ1n) is 16.0. The van der Waals surface area contributed by atoms with Gasteiger partial charge in [-0.2, -0.15) is 0 Å². The van der Waals surface area contributed by atoms with Crippen LogP contribution in [0, 0.1) is 56.7 Å². The van der Waals surface area contributed by atoms with Gasteiger partial charge in [0.15, 0.2) is 0 Å². The molecule has 0 unspecified atom stereocenters. The van der Waals surface area contributed by atoms with Gasteiger partial charge in [0.1, 0.15) is 0 Å². The number of aliphatic hydroxyl groups is 1. The molecule has 6 rings (SSSR count). The van der Waals surface area contributed by atoms with E-state index in [0.717, 1.165) is 44.1 Å². The summed E-state index contributed by atoms with van der Waals surface area (Å²) in [6.45, 7) is 19.0. The Bertz CT molecular complexity index is 1240. The molecule has 4 heteroatoms. The molecule has 0 aliphatic heterocycles. The van der Waals surface area contributed by atoms with E-state index in [2.05, 4.69) is 65.2 Å². The predicted octanol–water partition coefficient (Wildman–Crippen LogP) is 7.58. The largest absolute Gasteiger partial charge is 0.388 e. The van der Waals surface area contributed by atoms with Crippen molar-refractivity contribution in [3.63, 3.8) is 0 Å². The van der Waals surface area contributed by atoms with Gasteiger partial charge in [0.2, 0.25) is 5.91 Å². The molecule has 0 spiro atoms. The van der Waals surface area contributed by atoms with E-state index in [1.54, 1.807) is 0 Å². The molecule has 1 heterocycles. The van der Waals surface area contributed by atoms with E-state index in [4.69, 9.17) is 5.73 Å². The number of hydrogen-bond donors (Lipinski definition) is 2. The lowest BCUT2D eigenvalue weighted by atomic mass is 9.32. The third kappa shape index (κ3) is 3.53. The molecule has 5 aliphatic carbocycles. The number of allylic oxidation sites excluding steroid dienone is 1. The van der Waals surface area contributed by atoms with Gasteiger partial charge in [0, 0.05) is 12.4 Å². The van der Waals surface area contributed by atoms with Crippen LogP contribution in [0.5, 0.6) is 0 Å². The third-order valence-corrected chi connectivity index (χ3v) is 14.4. The highest BCUT2D eigenvalue weighted by molar-refractivity contribution is 5.82. The summed E-state index contributed by atoms with van der Waals surface area (Å²) in [5, 5.41) is 11.7. The van der Waals surface area contributed by atoms with Crippen LogP contribution < -0.4 is 5.73 Å². The van der Waals surface area contributed by atoms with Crippen LogP contribution in [0.15, 0.2) is 42.3 Å². The molecular weight excluding hydrogens is 492 g/mol. The second kappa shape index (κ2) is 9.03. The highest BCUT2D eigenvalue weighted by Gasteiger charge is 2.72. The molecule has 0 bridgehead atoms. The Hall–Kier alpha value is -1.94. The lowest BCUT2D eigenvalue weighted by molar-refractivity contribution is -0.238.